The lowest BCUT2D eigenvalue weighted by atomic mass is 9.95. The molecular weight excluding hydrogens is 458 g/mol. The lowest BCUT2D eigenvalue weighted by Crippen LogP contribution is -2.38. The van der Waals surface area contributed by atoms with Crippen LogP contribution in [0.3, 0.4) is 0 Å². The minimum Gasteiger partial charge on any atom is -0.444 e. The van der Waals surface area contributed by atoms with E-state index < -0.39 is 23.2 Å². The van der Waals surface area contributed by atoms with Gasteiger partial charge in [-0.05, 0) is 62.7 Å². The second-order valence-electron chi connectivity index (χ2n) is 10.5. The second kappa shape index (κ2) is 10.3. The highest BCUT2D eigenvalue weighted by atomic mass is 16.6. The van der Waals surface area contributed by atoms with E-state index in [1.807, 2.05) is 20.8 Å². The van der Waals surface area contributed by atoms with Gasteiger partial charge >= 0.3 is 6.09 Å². The Balaban J connectivity index is 1.87. The van der Waals surface area contributed by atoms with Gasteiger partial charge in [-0.1, -0.05) is 32.9 Å². The normalized spacial score (nSPS) is 12.5. The van der Waals surface area contributed by atoms with Crippen LogP contribution >= 0.6 is 0 Å². The monoisotopic (exact) mass is 491 g/mol. The number of nitrogens with zero attached hydrogens (tertiary/aromatic N) is 5. The number of benzene rings is 2. The fraction of sp³-hybridized carbons (Fsp3) is 0.385. The molecule has 2 aromatic carbocycles. The largest absolute Gasteiger partial charge is 0.444 e. The van der Waals surface area contributed by atoms with Gasteiger partial charge in [-0.2, -0.15) is 0 Å². The maximum absolute atomic E-state index is 12.8. The summed E-state index contributed by atoms with van der Waals surface area (Å²) in [5.41, 5.74) is 7.34. The molecule has 1 atom stereocenters. The predicted octanol–water partition coefficient (Wildman–Crippen LogP) is 4.46. The number of rotatable bonds is 5. The van der Waals surface area contributed by atoms with Crippen LogP contribution in [0.4, 0.5) is 16.2 Å². The second-order valence-corrected chi connectivity index (χ2v) is 10.5. The van der Waals surface area contributed by atoms with Crippen molar-refractivity contribution in [2.75, 3.05) is 18.1 Å². The molecule has 1 unspecified atom stereocenters. The summed E-state index contributed by atoms with van der Waals surface area (Å²) >= 11 is 0. The van der Waals surface area contributed by atoms with E-state index in [0.29, 0.717) is 22.8 Å². The molecule has 0 aliphatic rings. The molecule has 36 heavy (non-hydrogen) atoms. The first-order valence-corrected chi connectivity index (χ1v) is 11.5. The van der Waals surface area contributed by atoms with Crippen LogP contribution in [0, 0.1) is 5.41 Å². The highest BCUT2D eigenvalue weighted by molar-refractivity contribution is 5.94. The van der Waals surface area contributed by atoms with E-state index >= 15 is 0 Å². The predicted molar refractivity (Wildman–Crippen MR) is 138 cm³/mol. The molecule has 3 rings (SSSR count). The number of nitrogens with two attached hydrogens (primary N) is 1. The van der Waals surface area contributed by atoms with Crippen molar-refractivity contribution in [2.24, 2.45) is 5.41 Å². The maximum atomic E-state index is 12.8. The minimum atomic E-state index is -0.690. The Morgan fingerprint density at radius 1 is 0.889 bits per heavy atom. The van der Waals surface area contributed by atoms with Crippen molar-refractivity contribution in [3.63, 3.8) is 0 Å². The molecule has 0 spiro atoms. The molecule has 0 aliphatic carbocycles. The van der Waals surface area contributed by atoms with Gasteiger partial charge in [0.25, 0.3) is 0 Å². The quantitative estimate of drug-likeness (QED) is 0.499. The minimum absolute atomic E-state index is 0.0815. The van der Waals surface area contributed by atoms with Gasteiger partial charge in [0.05, 0.1) is 0 Å². The van der Waals surface area contributed by atoms with Crippen LogP contribution in [0.2, 0.25) is 0 Å². The van der Waals surface area contributed by atoms with Crippen LogP contribution in [0.25, 0.3) is 11.4 Å². The van der Waals surface area contributed by atoms with Gasteiger partial charge in [0.2, 0.25) is 17.6 Å². The van der Waals surface area contributed by atoms with E-state index in [1.54, 1.807) is 76.3 Å². The first-order chi connectivity index (χ1) is 16.7. The Labute approximate surface area is 211 Å². The zero-order chi connectivity index (χ0) is 26.7. The summed E-state index contributed by atoms with van der Waals surface area (Å²) in [4.78, 5) is 26.4. The first kappa shape index (κ1) is 26.5. The number of nitrogens with one attached hydrogen (secondary N) is 1. The molecule has 3 N–H and O–H groups in total. The van der Waals surface area contributed by atoms with Crippen LogP contribution in [0.5, 0.6) is 0 Å². The summed E-state index contributed by atoms with van der Waals surface area (Å²) in [5, 5.41) is 19.9. The van der Waals surface area contributed by atoms with E-state index in [4.69, 9.17) is 10.5 Å². The summed E-state index contributed by atoms with van der Waals surface area (Å²) in [6.07, 6.45) is -0.537. The van der Waals surface area contributed by atoms with Crippen molar-refractivity contribution >= 4 is 23.4 Å². The number of nitrogen functional groups attached to an aromatic ring is 1. The highest BCUT2D eigenvalue weighted by Gasteiger charge is 2.30. The molecule has 2 amide bonds. The van der Waals surface area contributed by atoms with Crippen LogP contribution in [-0.2, 0) is 9.53 Å². The van der Waals surface area contributed by atoms with Gasteiger partial charge in [0.1, 0.15) is 11.6 Å². The van der Waals surface area contributed by atoms with E-state index in [9.17, 15) is 9.59 Å². The van der Waals surface area contributed by atoms with Crippen molar-refractivity contribution in [2.45, 2.75) is 53.2 Å². The number of amides is 2. The number of aromatic nitrogens is 4. The summed E-state index contributed by atoms with van der Waals surface area (Å²) in [5.74, 6) is 0.455. The topological polar surface area (TPSA) is 136 Å². The lowest BCUT2D eigenvalue weighted by molar-refractivity contribution is -0.123. The highest BCUT2D eigenvalue weighted by Crippen LogP contribution is 2.28. The molecule has 0 radical (unpaired) electrons. The van der Waals surface area contributed by atoms with Crippen LogP contribution in [0.15, 0.2) is 48.5 Å². The van der Waals surface area contributed by atoms with Gasteiger partial charge in [0.15, 0.2) is 0 Å². The third kappa shape index (κ3) is 6.74. The molecule has 1 aromatic heterocycles. The Hall–Kier alpha value is -4.08. The Kier molecular flexibility index (Phi) is 7.57. The molecule has 1 heterocycles. The third-order valence-corrected chi connectivity index (χ3v) is 5.14. The summed E-state index contributed by atoms with van der Waals surface area (Å²) < 4.78 is 5.54. The SMILES string of the molecule is CN(C(=O)OC(C)(C)C)C(c1ccc(N)cc1)c1nnc(-c2ccc(NC(=O)C(C)(C)C)cc2)nn1. The molecule has 10 heteroatoms. The standard InChI is InChI=1S/C26H33N7O3/c1-25(2,3)23(34)28-19-14-10-17(11-15-19)21-29-31-22(32-30-21)20(16-8-12-18(27)13-9-16)33(7)24(35)36-26(4,5)6/h8-15,20H,27H2,1-7H3,(H,28,34). The fourth-order valence-corrected chi connectivity index (χ4v) is 3.15. The zero-order valence-electron chi connectivity index (χ0n) is 21.7. The number of anilines is 2. The first-order valence-electron chi connectivity index (χ1n) is 11.5. The van der Waals surface area contributed by atoms with Crippen molar-refractivity contribution in [3.8, 4) is 11.4 Å². The number of carbonyl (C=O) groups is 2. The van der Waals surface area contributed by atoms with E-state index in [1.165, 1.54) is 4.90 Å². The molecule has 190 valence electrons. The summed E-state index contributed by atoms with van der Waals surface area (Å²) in [7, 11) is 1.61. The van der Waals surface area contributed by atoms with Gasteiger partial charge in [-0.3, -0.25) is 9.69 Å². The van der Waals surface area contributed by atoms with Gasteiger partial charge in [0, 0.05) is 29.4 Å². The molecule has 0 fully saturated rings. The van der Waals surface area contributed by atoms with Crippen LogP contribution in [0.1, 0.15) is 59.0 Å². The Morgan fingerprint density at radius 3 is 1.94 bits per heavy atom. The lowest BCUT2D eigenvalue weighted by Gasteiger charge is -2.29. The number of hydrogen-bond acceptors (Lipinski definition) is 8. The molecule has 10 nitrogen and oxygen atoms in total. The smallest absolute Gasteiger partial charge is 0.410 e. The van der Waals surface area contributed by atoms with Crippen molar-refractivity contribution in [1.82, 2.24) is 25.3 Å². The molecular formula is C26H33N7O3. The summed E-state index contributed by atoms with van der Waals surface area (Å²) in [6, 6.07) is 13.5. The van der Waals surface area contributed by atoms with Gasteiger partial charge in [-0.15, -0.1) is 20.4 Å². The molecule has 0 aliphatic heterocycles. The Morgan fingerprint density at radius 2 is 1.44 bits per heavy atom. The van der Waals surface area contributed by atoms with Gasteiger partial charge < -0.3 is 15.8 Å². The molecule has 3 aromatic rings. The zero-order valence-corrected chi connectivity index (χ0v) is 21.7. The van der Waals surface area contributed by atoms with E-state index in [2.05, 4.69) is 25.7 Å². The Bertz CT molecular complexity index is 1200. The van der Waals surface area contributed by atoms with Crippen molar-refractivity contribution in [3.05, 3.63) is 59.9 Å². The number of hydrogen-bond donors (Lipinski definition) is 2. The third-order valence-electron chi connectivity index (χ3n) is 5.14. The van der Waals surface area contributed by atoms with E-state index in [0.717, 1.165) is 5.56 Å². The maximum Gasteiger partial charge on any atom is 0.410 e. The average molecular weight is 492 g/mol. The van der Waals surface area contributed by atoms with Crippen LogP contribution in [-0.4, -0.2) is 49.9 Å². The summed E-state index contributed by atoms with van der Waals surface area (Å²) in [6.45, 7) is 10.9. The van der Waals surface area contributed by atoms with Crippen LogP contribution < -0.4 is 11.1 Å². The fourth-order valence-electron chi connectivity index (χ4n) is 3.15. The number of ether oxygens (including phenoxy) is 1. The van der Waals surface area contributed by atoms with Crippen molar-refractivity contribution in [1.29, 1.82) is 0 Å². The average Bonchev–Trinajstić information content (AvgIpc) is 2.79. The van der Waals surface area contributed by atoms with E-state index in [-0.39, 0.29) is 11.7 Å². The van der Waals surface area contributed by atoms with Crippen molar-refractivity contribution < 1.29 is 14.3 Å². The molecule has 0 saturated carbocycles. The number of carbonyl (C=O) groups excluding carboxylic acids is 2. The van der Waals surface area contributed by atoms with Gasteiger partial charge in [-0.25, -0.2) is 4.79 Å². The molecule has 0 saturated heterocycles. The molecule has 0 bridgehead atoms.